The molecule has 3 N–H and O–H groups in total. The summed E-state index contributed by atoms with van der Waals surface area (Å²) in [6, 6.07) is 0. The first-order valence-corrected chi connectivity index (χ1v) is 2.72. The minimum absolute atomic E-state index is 0.250. The fourth-order valence-electron chi connectivity index (χ4n) is 0. The molecule has 0 rings (SSSR count). The van der Waals surface area contributed by atoms with Crippen molar-refractivity contribution in [2.24, 2.45) is 0 Å². The smallest absolute Gasteiger partial charge is 0.475 e. The van der Waals surface area contributed by atoms with Crippen LogP contribution in [0.4, 0.5) is 13.2 Å². The minimum atomic E-state index is -5.08. The van der Waals surface area contributed by atoms with Gasteiger partial charge in [0.05, 0.1) is 0 Å². The van der Waals surface area contributed by atoms with Crippen LogP contribution >= 0.6 is 0 Å². The highest BCUT2D eigenvalue weighted by Gasteiger charge is 2.38. The van der Waals surface area contributed by atoms with E-state index < -0.39 is 12.1 Å². The van der Waals surface area contributed by atoms with E-state index in [1.54, 1.807) is 6.92 Å². The van der Waals surface area contributed by atoms with E-state index in [4.69, 9.17) is 20.1 Å². The lowest BCUT2D eigenvalue weighted by Crippen LogP contribution is -2.21. The van der Waals surface area contributed by atoms with Gasteiger partial charge in [0.15, 0.2) is 0 Å². The second-order valence-corrected chi connectivity index (χ2v) is 1.12. The van der Waals surface area contributed by atoms with E-state index in [9.17, 15) is 13.2 Å². The van der Waals surface area contributed by atoms with Crippen molar-refractivity contribution >= 4 is 5.97 Å². The van der Waals surface area contributed by atoms with Crippen molar-refractivity contribution in [2.75, 3.05) is 13.7 Å². The molecule has 0 aromatic carbocycles. The molecule has 0 saturated heterocycles. The Morgan fingerprint density at radius 2 is 1.42 bits per heavy atom. The number of aliphatic hydroxyl groups excluding tert-OH is 2. The van der Waals surface area contributed by atoms with Gasteiger partial charge in [-0.1, -0.05) is 0 Å². The van der Waals surface area contributed by atoms with E-state index in [2.05, 4.69) is 0 Å². The number of halogens is 3. The number of carbonyl (C=O) groups is 1. The van der Waals surface area contributed by atoms with Crippen LogP contribution in [0, 0.1) is 0 Å². The summed E-state index contributed by atoms with van der Waals surface area (Å²) in [6.45, 7) is 1.93. The molecule has 0 bridgehead atoms. The molecule has 0 unspecified atom stereocenters. The van der Waals surface area contributed by atoms with Crippen LogP contribution in [-0.2, 0) is 4.79 Å². The van der Waals surface area contributed by atoms with Gasteiger partial charge in [0, 0.05) is 13.7 Å². The summed E-state index contributed by atoms with van der Waals surface area (Å²) in [5.41, 5.74) is 0. The molecular formula is C5H11F3O4. The summed E-state index contributed by atoms with van der Waals surface area (Å²) in [5, 5.41) is 21.7. The van der Waals surface area contributed by atoms with Gasteiger partial charge in [-0.3, -0.25) is 0 Å². The highest BCUT2D eigenvalue weighted by Crippen LogP contribution is 2.13. The third-order valence-corrected chi connectivity index (χ3v) is 0.243. The van der Waals surface area contributed by atoms with Crippen molar-refractivity contribution in [1.82, 2.24) is 0 Å². The second kappa shape index (κ2) is 10.2. The van der Waals surface area contributed by atoms with Gasteiger partial charge in [-0.05, 0) is 6.92 Å². The Morgan fingerprint density at radius 3 is 1.42 bits per heavy atom. The Morgan fingerprint density at radius 1 is 1.33 bits per heavy atom. The van der Waals surface area contributed by atoms with E-state index in [0.29, 0.717) is 0 Å². The lowest BCUT2D eigenvalue weighted by Gasteiger charge is -1.93. The zero-order valence-corrected chi connectivity index (χ0v) is 6.59. The molecule has 0 saturated carbocycles. The fourth-order valence-corrected chi connectivity index (χ4v) is 0. The first-order chi connectivity index (χ1) is 5.36. The summed E-state index contributed by atoms with van der Waals surface area (Å²) in [6.07, 6.45) is -5.08. The van der Waals surface area contributed by atoms with Crippen LogP contribution in [0.25, 0.3) is 0 Å². The highest BCUT2D eigenvalue weighted by molar-refractivity contribution is 5.73. The topological polar surface area (TPSA) is 77.8 Å². The Kier molecular flexibility index (Phi) is 14.7. The quantitative estimate of drug-likeness (QED) is 0.513. The number of hydrogen-bond acceptors (Lipinski definition) is 3. The van der Waals surface area contributed by atoms with E-state index in [-0.39, 0.29) is 6.61 Å². The van der Waals surface area contributed by atoms with E-state index in [1.807, 2.05) is 0 Å². The molecule has 76 valence electrons. The van der Waals surface area contributed by atoms with Crippen molar-refractivity contribution in [3.8, 4) is 0 Å². The molecule has 0 fully saturated rings. The van der Waals surface area contributed by atoms with Gasteiger partial charge in [-0.2, -0.15) is 13.2 Å². The first kappa shape index (κ1) is 17.3. The van der Waals surface area contributed by atoms with Gasteiger partial charge in [0.2, 0.25) is 0 Å². The van der Waals surface area contributed by atoms with Gasteiger partial charge in [-0.25, -0.2) is 4.79 Å². The average Bonchev–Trinajstić information content (AvgIpc) is 1.91. The Labute approximate surface area is 67.3 Å². The number of carboxylic acids is 1. The summed E-state index contributed by atoms with van der Waals surface area (Å²) in [4.78, 5) is 8.90. The molecule has 0 heterocycles. The first-order valence-electron chi connectivity index (χ1n) is 2.72. The molecule has 12 heavy (non-hydrogen) atoms. The minimum Gasteiger partial charge on any atom is -0.475 e. The Balaban J connectivity index is -0.000000137. The number of alkyl halides is 3. The predicted molar refractivity (Wildman–Crippen MR) is 34.6 cm³/mol. The summed E-state index contributed by atoms with van der Waals surface area (Å²) in [7, 11) is 1.00. The van der Waals surface area contributed by atoms with E-state index in [0.717, 1.165) is 7.11 Å². The maximum absolute atomic E-state index is 10.6. The third kappa shape index (κ3) is 22.9. The molecule has 0 atom stereocenters. The second-order valence-electron chi connectivity index (χ2n) is 1.12. The molecule has 7 heteroatoms. The van der Waals surface area contributed by atoms with Crippen LogP contribution in [0.2, 0.25) is 0 Å². The van der Waals surface area contributed by atoms with Crippen molar-refractivity contribution < 1.29 is 33.3 Å². The molecule has 0 amide bonds. The fraction of sp³-hybridized carbons (Fsp3) is 0.800. The molecule has 0 spiro atoms. The zero-order valence-electron chi connectivity index (χ0n) is 6.59. The summed E-state index contributed by atoms with van der Waals surface area (Å²) < 4.78 is 31.7. The summed E-state index contributed by atoms with van der Waals surface area (Å²) >= 11 is 0. The third-order valence-electron chi connectivity index (χ3n) is 0.243. The molecule has 0 aromatic heterocycles. The van der Waals surface area contributed by atoms with Crippen molar-refractivity contribution in [3.05, 3.63) is 0 Å². The van der Waals surface area contributed by atoms with Gasteiger partial charge in [0.1, 0.15) is 0 Å². The molecule has 0 aliphatic heterocycles. The number of carboxylic acid groups (broad SMARTS) is 1. The molecule has 0 aromatic rings. The van der Waals surface area contributed by atoms with Gasteiger partial charge in [0.25, 0.3) is 0 Å². The zero-order chi connectivity index (χ0) is 10.8. The largest absolute Gasteiger partial charge is 0.490 e. The molecule has 0 aliphatic rings. The number of hydrogen-bond donors (Lipinski definition) is 3. The van der Waals surface area contributed by atoms with Crippen molar-refractivity contribution in [3.63, 3.8) is 0 Å². The average molecular weight is 192 g/mol. The number of aliphatic hydroxyl groups is 2. The highest BCUT2D eigenvalue weighted by atomic mass is 19.4. The van der Waals surface area contributed by atoms with Crippen LogP contribution in [0.1, 0.15) is 6.92 Å². The van der Waals surface area contributed by atoms with Crippen LogP contribution in [0.5, 0.6) is 0 Å². The number of rotatable bonds is 0. The Hall–Kier alpha value is -0.820. The van der Waals surface area contributed by atoms with E-state index in [1.165, 1.54) is 0 Å². The van der Waals surface area contributed by atoms with Crippen LogP contribution in [0.3, 0.4) is 0 Å². The molecule has 4 nitrogen and oxygen atoms in total. The SMILES string of the molecule is CCO.CO.O=C(O)C(F)(F)F. The van der Waals surface area contributed by atoms with Gasteiger partial charge < -0.3 is 15.3 Å². The normalized spacial score (nSPS) is 8.58. The summed E-state index contributed by atoms with van der Waals surface area (Å²) in [5.74, 6) is -2.76. The van der Waals surface area contributed by atoms with Crippen molar-refractivity contribution in [1.29, 1.82) is 0 Å². The van der Waals surface area contributed by atoms with E-state index >= 15 is 0 Å². The number of aliphatic carboxylic acids is 1. The lowest BCUT2D eigenvalue weighted by atomic mass is 10.7. The van der Waals surface area contributed by atoms with Crippen LogP contribution in [-0.4, -0.2) is 41.2 Å². The monoisotopic (exact) mass is 192 g/mol. The van der Waals surface area contributed by atoms with Crippen molar-refractivity contribution in [2.45, 2.75) is 13.1 Å². The Bertz CT molecular complexity index is 101. The van der Waals surface area contributed by atoms with Crippen LogP contribution < -0.4 is 0 Å². The maximum atomic E-state index is 10.6. The molecule has 0 radical (unpaired) electrons. The molecule has 0 aliphatic carbocycles. The lowest BCUT2D eigenvalue weighted by molar-refractivity contribution is -0.192. The predicted octanol–water partition coefficient (Wildman–Crippen LogP) is 0.240. The van der Waals surface area contributed by atoms with Crippen LogP contribution in [0.15, 0.2) is 0 Å². The van der Waals surface area contributed by atoms with Gasteiger partial charge >= 0.3 is 12.1 Å². The molecular weight excluding hydrogens is 181 g/mol. The standard InChI is InChI=1S/C2HF3O2.C2H6O.CH4O/c3-2(4,5)1(6)7;1-2-3;1-2/h(H,6,7);3H,2H2,1H3;2H,1H3. The maximum Gasteiger partial charge on any atom is 0.490 e. The van der Waals surface area contributed by atoms with Gasteiger partial charge in [-0.15, -0.1) is 0 Å².